The first-order valence-corrected chi connectivity index (χ1v) is 8.12. The molecule has 2 nitrogen and oxygen atoms in total. The number of methoxy groups -OCH3 is 1. The Morgan fingerprint density at radius 3 is 2.67 bits per heavy atom. The Morgan fingerprint density at radius 1 is 1.24 bits per heavy atom. The molecule has 0 saturated heterocycles. The Hall–Kier alpha value is -1.03. The molecule has 0 amide bonds. The molecule has 1 N–H and O–H groups in total. The Morgan fingerprint density at radius 2 is 2.00 bits per heavy atom. The number of nitrogens with one attached hydrogen (secondary N) is 1. The maximum absolute atomic E-state index is 6.17. The monoisotopic (exact) mass is 367 g/mol. The van der Waals surface area contributed by atoms with E-state index in [2.05, 4.69) is 40.3 Å². The highest BCUT2D eigenvalue weighted by Crippen LogP contribution is 2.28. The number of benzene rings is 2. The van der Waals surface area contributed by atoms with Gasteiger partial charge in [-0.2, -0.15) is 0 Å². The van der Waals surface area contributed by atoms with Crippen LogP contribution in [0.5, 0.6) is 5.75 Å². The van der Waals surface area contributed by atoms with Crippen LogP contribution in [-0.4, -0.2) is 13.7 Å². The molecule has 2 rings (SSSR count). The van der Waals surface area contributed by atoms with Crippen LogP contribution in [-0.2, 0) is 6.42 Å². The smallest absolute Gasteiger partial charge is 0.122 e. The largest absolute Gasteiger partial charge is 0.496 e. The van der Waals surface area contributed by atoms with Gasteiger partial charge < -0.3 is 10.1 Å². The second-order valence-electron chi connectivity index (χ2n) is 4.83. The Bertz CT molecular complexity index is 583. The van der Waals surface area contributed by atoms with Gasteiger partial charge in [-0.25, -0.2) is 0 Å². The lowest BCUT2D eigenvalue weighted by atomic mass is 9.98. The minimum absolute atomic E-state index is 0.196. The van der Waals surface area contributed by atoms with Crippen LogP contribution >= 0.6 is 27.5 Å². The van der Waals surface area contributed by atoms with Crippen molar-refractivity contribution < 1.29 is 4.74 Å². The summed E-state index contributed by atoms with van der Waals surface area (Å²) in [6.45, 7) is 3.00. The molecule has 2 aromatic rings. The van der Waals surface area contributed by atoms with Crippen molar-refractivity contribution in [2.75, 3.05) is 13.7 Å². The average Bonchev–Trinajstić information content (AvgIpc) is 2.46. The summed E-state index contributed by atoms with van der Waals surface area (Å²) in [7, 11) is 1.71. The van der Waals surface area contributed by atoms with Crippen LogP contribution in [0.3, 0.4) is 0 Å². The fourth-order valence-corrected chi connectivity index (χ4v) is 3.31. The maximum Gasteiger partial charge on any atom is 0.122 e. The van der Waals surface area contributed by atoms with E-state index >= 15 is 0 Å². The fraction of sp³-hybridized carbons (Fsp3) is 0.294. The van der Waals surface area contributed by atoms with Gasteiger partial charge in [0.25, 0.3) is 0 Å². The fourth-order valence-electron chi connectivity index (χ4n) is 2.42. The number of halogens is 2. The third-order valence-corrected chi connectivity index (χ3v) is 4.03. The van der Waals surface area contributed by atoms with Crippen molar-refractivity contribution in [2.45, 2.75) is 19.4 Å². The van der Waals surface area contributed by atoms with Crippen LogP contribution in [0.1, 0.15) is 24.1 Å². The molecule has 0 spiro atoms. The number of rotatable bonds is 6. The average molecular weight is 369 g/mol. The zero-order chi connectivity index (χ0) is 15.2. The Labute approximate surface area is 139 Å². The van der Waals surface area contributed by atoms with E-state index in [9.17, 15) is 0 Å². The molecule has 0 bridgehead atoms. The molecule has 21 heavy (non-hydrogen) atoms. The van der Waals surface area contributed by atoms with Gasteiger partial charge in [-0.3, -0.25) is 0 Å². The van der Waals surface area contributed by atoms with Crippen LogP contribution in [0, 0.1) is 0 Å². The highest BCUT2D eigenvalue weighted by atomic mass is 79.9. The minimum Gasteiger partial charge on any atom is -0.496 e. The molecule has 0 aliphatic heterocycles. The van der Waals surface area contributed by atoms with E-state index in [1.54, 1.807) is 7.11 Å². The van der Waals surface area contributed by atoms with Gasteiger partial charge in [0.05, 0.1) is 7.11 Å². The summed E-state index contributed by atoms with van der Waals surface area (Å²) >= 11 is 9.68. The first kappa shape index (κ1) is 16.3. The van der Waals surface area contributed by atoms with Crippen LogP contribution in [0.4, 0.5) is 0 Å². The topological polar surface area (TPSA) is 21.3 Å². The molecule has 1 atom stereocenters. The van der Waals surface area contributed by atoms with E-state index in [4.69, 9.17) is 16.3 Å². The normalized spacial score (nSPS) is 12.2. The second-order valence-corrected chi connectivity index (χ2v) is 6.18. The number of ether oxygens (including phenoxy) is 1. The van der Waals surface area contributed by atoms with Gasteiger partial charge in [-0.05, 0) is 48.4 Å². The molecule has 0 heterocycles. The zero-order valence-corrected chi connectivity index (χ0v) is 14.5. The summed E-state index contributed by atoms with van der Waals surface area (Å²) in [5.74, 6) is 0.918. The SMILES string of the molecule is CCNC(Cc1ccccc1OC)c1cc(Cl)cc(Br)c1. The van der Waals surface area contributed by atoms with Gasteiger partial charge >= 0.3 is 0 Å². The first-order chi connectivity index (χ1) is 10.1. The predicted octanol–water partition coefficient (Wildman–Crippen LogP) is 5.00. The third kappa shape index (κ3) is 4.47. The number of para-hydroxylation sites is 1. The van der Waals surface area contributed by atoms with E-state index in [-0.39, 0.29) is 6.04 Å². The van der Waals surface area contributed by atoms with Gasteiger partial charge in [0.1, 0.15) is 5.75 Å². The molecular formula is C17H19BrClNO. The molecule has 0 aromatic heterocycles. The van der Waals surface area contributed by atoms with Gasteiger partial charge in [-0.15, -0.1) is 0 Å². The van der Waals surface area contributed by atoms with Crippen molar-refractivity contribution in [1.29, 1.82) is 0 Å². The first-order valence-electron chi connectivity index (χ1n) is 6.95. The van der Waals surface area contributed by atoms with Crippen molar-refractivity contribution >= 4 is 27.5 Å². The molecule has 112 valence electrons. The van der Waals surface area contributed by atoms with E-state index in [0.29, 0.717) is 0 Å². The van der Waals surface area contributed by atoms with E-state index in [1.165, 1.54) is 11.1 Å². The van der Waals surface area contributed by atoms with Crippen LogP contribution < -0.4 is 10.1 Å². The zero-order valence-electron chi connectivity index (χ0n) is 12.2. The maximum atomic E-state index is 6.17. The van der Waals surface area contributed by atoms with Crippen molar-refractivity contribution in [3.05, 3.63) is 63.1 Å². The second kappa shape index (κ2) is 7.83. The lowest BCUT2D eigenvalue weighted by molar-refractivity contribution is 0.405. The number of hydrogen-bond donors (Lipinski definition) is 1. The summed E-state index contributed by atoms with van der Waals surface area (Å²) in [6.07, 6.45) is 0.852. The molecule has 0 radical (unpaired) electrons. The van der Waals surface area contributed by atoms with Gasteiger partial charge in [0.2, 0.25) is 0 Å². The van der Waals surface area contributed by atoms with E-state index in [1.807, 2.05) is 30.3 Å². The van der Waals surface area contributed by atoms with Gasteiger partial charge in [0, 0.05) is 15.5 Å². The van der Waals surface area contributed by atoms with Crippen molar-refractivity contribution in [1.82, 2.24) is 5.32 Å². The van der Waals surface area contributed by atoms with Crippen molar-refractivity contribution in [3.8, 4) is 5.75 Å². The minimum atomic E-state index is 0.196. The van der Waals surface area contributed by atoms with E-state index < -0.39 is 0 Å². The molecule has 0 fully saturated rings. The van der Waals surface area contributed by atoms with Crippen molar-refractivity contribution in [2.24, 2.45) is 0 Å². The summed E-state index contributed by atoms with van der Waals surface area (Å²) in [5, 5.41) is 4.26. The lowest BCUT2D eigenvalue weighted by Crippen LogP contribution is -2.23. The number of likely N-dealkylation sites (N-methyl/N-ethyl adjacent to an activating group) is 1. The molecule has 0 saturated carbocycles. The molecule has 1 unspecified atom stereocenters. The standard InChI is InChI=1S/C17H19BrClNO/c1-3-20-16(13-8-14(18)11-15(19)9-13)10-12-6-4-5-7-17(12)21-2/h4-9,11,16,20H,3,10H2,1-2H3. The summed E-state index contributed by atoms with van der Waals surface area (Å²) < 4.78 is 6.44. The molecule has 0 aliphatic rings. The quantitative estimate of drug-likeness (QED) is 0.774. The van der Waals surface area contributed by atoms with Crippen molar-refractivity contribution in [3.63, 3.8) is 0 Å². The molecule has 0 aliphatic carbocycles. The highest BCUT2D eigenvalue weighted by Gasteiger charge is 2.15. The summed E-state index contributed by atoms with van der Waals surface area (Å²) in [5.41, 5.74) is 2.35. The van der Waals surface area contributed by atoms with Crippen LogP contribution in [0.25, 0.3) is 0 Å². The highest BCUT2D eigenvalue weighted by molar-refractivity contribution is 9.10. The van der Waals surface area contributed by atoms with Gasteiger partial charge in [0.15, 0.2) is 0 Å². The van der Waals surface area contributed by atoms with Crippen LogP contribution in [0.15, 0.2) is 46.9 Å². The van der Waals surface area contributed by atoms with Crippen LogP contribution in [0.2, 0.25) is 5.02 Å². The number of hydrogen-bond acceptors (Lipinski definition) is 2. The molecule has 4 heteroatoms. The van der Waals surface area contributed by atoms with E-state index in [0.717, 1.165) is 28.2 Å². The lowest BCUT2D eigenvalue weighted by Gasteiger charge is -2.20. The summed E-state index contributed by atoms with van der Waals surface area (Å²) in [6, 6.07) is 14.3. The summed E-state index contributed by atoms with van der Waals surface area (Å²) in [4.78, 5) is 0. The van der Waals surface area contributed by atoms with Gasteiger partial charge in [-0.1, -0.05) is 52.7 Å². The predicted molar refractivity (Wildman–Crippen MR) is 92.3 cm³/mol. The molecule has 2 aromatic carbocycles. The third-order valence-electron chi connectivity index (χ3n) is 3.35. The Kier molecular flexibility index (Phi) is 6.09. The Balaban J connectivity index is 2.30. The molecular weight excluding hydrogens is 350 g/mol.